The maximum Gasteiger partial charge on any atom is 0.233 e. The lowest BCUT2D eigenvalue weighted by Gasteiger charge is -2.28. The zero-order valence-electron chi connectivity index (χ0n) is 19.5. The van der Waals surface area contributed by atoms with Gasteiger partial charge in [-0.3, -0.25) is 9.36 Å². The number of benzene rings is 2. The van der Waals surface area contributed by atoms with Gasteiger partial charge in [0, 0.05) is 19.6 Å². The molecule has 1 unspecified atom stereocenters. The zero-order valence-corrected chi connectivity index (χ0v) is 20.3. The second-order valence-corrected chi connectivity index (χ2v) is 9.97. The summed E-state index contributed by atoms with van der Waals surface area (Å²) in [6, 6.07) is 14.1. The smallest absolute Gasteiger partial charge is 0.233 e. The Morgan fingerprint density at radius 2 is 1.82 bits per heavy atom. The van der Waals surface area contributed by atoms with Crippen molar-refractivity contribution < 1.29 is 14.3 Å². The van der Waals surface area contributed by atoms with Crippen molar-refractivity contribution in [3.8, 4) is 17.2 Å². The van der Waals surface area contributed by atoms with Crippen LogP contribution in [0.15, 0.2) is 47.6 Å². The lowest BCUT2D eigenvalue weighted by Crippen LogP contribution is -2.32. The number of carbonyl (C=O) groups excluding carboxylic acids is 1. The number of piperidine rings is 1. The second-order valence-electron chi connectivity index (χ2n) is 8.67. The number of nitrogens with zero attached hydrogens (tertiary/aromatic N) is 4. The van der Waals surface area contributed by atoms with E-state index in [9.17, 15) is 4.79 Å². The molecule has 0 radical (unpaired) electrons. The number of thioether (sulfide) groups is 1. The summed E-state index contributed by atoms with van der Waals surface area (Å²) in [6.07, 6.45) is 3.56. The highest BCUT2D eigenvalue weighted by Crippen LogP contribution is 2.33. The van der Waals surface area contributed by atoms with Crippen molar-refractivity contribution in [2.75, 3.05) is 24.8 Å². The van der Waals surface area contributed by atoms with Crippen molar-refractivity contribution in [2.45, 2.75) is 50.1 Å². The molecule has 2 aliphatic heterocycles. The molecule has 2 aliphatic rings. The van der Waals surface area contributed by atoms with E-state index in [-0.39, 0.29) is 18.0 Å². The Morgan fingerprint density at radius 3 is 2.62 bits per heavy atom. The van der Waals surface area contributed by atoms with E-state index in [1.54, 1.807) is 0 Å². The van der Waals surface area contributed by atoms with Gasteiger partial charge in [-0.15, -0.1) is 10.2 Å². The average molecular weight is 480 g/mol. The third-order valence-electron chi connectivity index (χ3n) is 6.10. The largest absolute Gasteiger partial charge is 0.454 e. The molecule has 5 rings (SSSR count). The predicted molar refractivity (Wildman–Crippen MR) is 132 cm³/mol. The molecule has 1 fully saturated rings. The second kappa shape index (κ2) is 9.97. The molecule has 0 bridgehead atoms. The van der Waals surface area contributed by atoms with Crippen LogP contribution in [0.3, 0.4) is 0 Å². The summed E-state index contributed by atoms with van der Waals surface area (Å²) in [6.45, 7) is 6.57. The van der Waals surface area contributed by atoms with E-state index in [0.717, 1.165) is 54.0 Å². The standard InChI is InChI=1S/C25H29N5O3S/c1-17-6-9-20(10-7-17)30-24(29-12-4-3-5-13-29)27-28-25(30)34-18(2)23(31)26-15-19-8-11-21-22(14-19)33-16-32-21/h6-11,14,18H,3-5,12-13,15-16H2,1-2H3,(H,26,31). The highest BCUT2D eigenvalue weighted by Gasteiger charge is 2.25. The van der Waals surface area contributed by atoms with Gasteiger partial charge < -0.3 is 19.7 Å². The molecule has 3 aromatic rings. The molecular weight excluding hydrogens is 450 g/mol. The fourth-order valence-corrected chi connectivity index (χ4v) is 5.04. The Balaban J connectivity index is 1.31. The number of anilines is 1. The molecule has 1 atom stereocenters. The van der Waals surface area contributed by atoms with Gasteiger partial charge in [0.25, 0.3) is 0 Å². The lowest BCUT2D eigenvalue weighted by atomic mass is 10.1. The first-order valence-electron chi connectivity index (χ1n) is 11.7. The number of ether oxygens (including phenoxy) is 2. The first-order valence-corrected chi connectivity index (χ1v) is 12.6. The number of hydrogen-bond acceptors (Lipinski definition) is 7. The van der Waals surface area contributed by atoms with E-state index in [0.29, 0.717) is 12.3 Å². The van der Waals surface area contributed by atoms with Gasteiger partial charge in [-0.05, 0) is 62.9 Å². The van der Waals surface area contributed by atoms with Crippen molar-refractivity contribution in [1.29, 1.82) is 0 Å². The Morgan fingerprint density at radius 1 is 1.06 bits per heavy atom. The number of amides is 1. The molecule has 2 aromatic carbocycles. The number of nitrogens with one attached hydrogen (secondary N) is 1. The minimum absolute atomic E-state index is 0.0550. The molecule has 8 nitrogen and oxygen atoms in total. The number of aryl methyl sites for hydroxylation is 1. The van der Waals surface area contributed by atoms with Crippen LogP contribution in [0.25, 0.3) is 5.69 Å². The molecule has 1 saturated heterocycles. The molecule has 0 saturated carbocycles. The van der Waals surface area contributed by atoms with Crippen LogP contribution < -0.4 is 19.7 Å². The number of hydrogen-bond donors (Lipinski definition) is 1. The van der Waals surface area contributed by atoms with E-state index in [4.69, 9.17) is 9.47 Å². The van der Waals surface area contributed by atoms with Crippen LogP contribution in [0.2, 0.25) is 0 Å². The average Bonchev–Trinajstić information content (AvgIpc) is 3.50. The minimum Gasteiger partial charge on any atom is -0.454 e. The van der Waals surface area contributed by atoms with E-state index in [1.807, 2.05) is 25.1 Å². The fraction of sp³-hybridized carbons (Fsp3) is 0.400. The van der Waals surface area contributed by atoms with Gasteiger partial charge in [0.1, 0.15) is 0 Å². The van der Waals surface area contributed by atoms with E-state index >= 15 is 0 Å². The van der Waals surface area contributed by atoms with Crippen molar-refractivity contribution in [1.82, 2.24) is 20.1 Å². The van der Waals surface area contributed by atoms with Crippen molar-refractivity contribution in [3.63, 3.8) is 0 Å². The van der Waals surface area contributed by atoms with Gasteiger partial charge in [0.15, 0.2) is 16.7 Å². The first kappa shape index (κ1) is 22.6. The van der Waals surface area contributed by atoms with Crippen LogP contribution in [0.1, 0.15) is 37.3 Å². The Bertz CT molecular complexity index is 1160. The molecule has 178 valence electrons. The van der Waals surface area contributed by atoms with Crippen LogP contribution in [0.4, 0.5) is 5.95 Å². The maximum atomic E-state index is 12.9. The van der Waals surface area contributed by atoms with Gasteiger partial charge >= 0.3 is 0 Å². The zero-order chi connectivity index (χ0) is 23.5. The number of rotatable bonds is 7. The van der Waals surface area contributed by atoms with E-state index in [1.165, 1.54) is 23.7 Å². The molecule has 0 spiro atoms. The quantitative estimate of drug-likeness (QED) is 0.511. The maximum absolute atomic E-state index is 12.9. The minimum atomic E-state index is -0.336. The van der Waals surface area contributed by atoms with Crippen LogP contribution in [0, 0.1) is 6.92 Å². The summed E-state index contributed by atoms with van der Waals surface area (Å²) < 4.78 is 12.9. The molecule has 1 N–H and O–H groups in total. The highest BCUT2D eigenvalue weighted by atomic mass is 32.2. The normalized spacial score (nSPS) is 15.9. The predicted octanol–water partition coefficient (Wildman–Crippen LogP) is 4.09. The molecular formula is C25H29N5O3S. The molecule has 9 heteroatoms. The SMILES string of the molecule is Cc1ccc(-n2c(SC(C)C(=O)NCc3ccc4c(c3)OCO4)nnc2N2CCCCC2)cc1. The summed E-state index contributed by atoms with van der Waals surface area (Å²) >= 11 is 1.42. The number of carbonyl (C=O) groups is 1. The van der Waals surface area contributed by atoms with Crippen LogP contribution >= 0.6 is 11.8 Å². The van der Waals surface area contributed by atoms with E-state index < -0.39 is 0 Å². The topological polar surface area (TPSA) is 81.5 Å². The van der Waals surface area contributed by atoms with E-state index in [2.05, 4.69) is 56.2 Å². The van der Waals surface area contributed by atoms with Crippen LogP contribution in [0.5, 0.6) is 11.5 Å². The van der Waals surface area contributed by atoms with Crippen LogP contribution in [-0.2, 0) is 11.3 Å². The van der Waals surface area contributed by atoms with Crippen molar-refractivity contribution >= 4 is 23.6 Å². The van der Waals surface area contributed by atoms with Gasteiger partial charge in [-0.2, -0.15) is 0 Å². The summed E-state index contributed by atoms with van der Waals surface area (Å²) in [5.41, 5.74) is 3.17. The van der Waals surface area contributed by atoms with Gasteiger partial charge in [-0.1, -0.05) is 35.5 Å². The lowest BCUT2D eigenvalue weighted by molar-refractivity contribution is -0.120. The summed E-state index contributed by atoms with van der Waals surface area (Å²) in [4.78, 5) is 15.2. The summed E-state index contributed by atoms with van der Waals surface area (Å²) in [7, 11) is 0. The van der Waals surface area contributed by atoms with Gasteiger partial charge in [0.05, 0.1) is 10.9 Å². The number of fused-ring (bicyclic) bond motifs is 1. The molecule has 0 aliphatic carbocycles. The van der Waals surface area contributed by atoms with Crippen LogP contribution in [-0.4, -0.2) is 45.8 Å². The molecule has 3 heterocycles. The monoisotopic (exact) mass is 479 g/mol. The van der Waals surface area contributed by atoms with Crippen molar-refractivity contribution in [2.24, 2.45) is 0 Å². The summed E-state index contributed by atoms with van der Waals surface area (Å²) in [5, 5.41) is 12.4. The fourth-order valence-electron chi connectivity index (χ4n) is 4.15. The Hall–Kier alpha value is -3.20. The number of aromatic nitrogens is 3. The Kier molecular flexibility index (Phi) is 6.62. The molecule has 1 amide bonds. The highest BCUT2D eigenvalue weighted by molar-refractivity contribution is 8.00. The van der Waals surface area contributed by atoms with Crippen molar-refractivity contribution in [3.05, 3.63) is 53.6 Å². The Labute approximate surface area is 203 Å². The molecule has 1 aromatic heterocycles. The molecule has 34 heavy (non-hydrogen) atoms. The first-order chi connectivity index (χ1) is 16.6. The van der Waals surface area contributed by atoms with Gasteiger partial charge in [-0.25, -0.2) is 0 Å². The third-order valence-corrected chi connectivity index (χ3v) is 7.15. The van der Waals surface area contributed by atoms with Gasteiger partial charge in [0.2, 0.25) is 18.6 Å². The third kappa shape index (κ3) is 4.84. The summed E-state index contributed by atoms with van der Waals surface area (Å²) in [5.74, 6) is 2.24.